The van der Waals surface area contributed by atoms with Crippen LogP contribution in [0.3, 0.4) is 0 Å². The molecule has 0 fully saturated rings. The van der Waals surface area contributed by atoms with Crippen LogP contribution in [0.25, 0.3) is 5.57 Å². The number of rotatable bonds is 12. The van der Waals surface area contributed by atoms with E-state index < -0.39 is 10.1 Å². The fraction of sp³-hybridized carbons (Fsp3) is 0.244. The van der Waals surface area contributed by atoms with Crippen LogP contribution < -0.4 is 4.90 Å². The van der Waals surface area contributed by atoms with Crippen molar-refractivity contribution in [3.05, 3.63) is 149 Å². The summed E-state index contributed by atoms with van der Waals surface area (Å²) in [7, 11) is -4.74. The Labute approximate surface area is 280 Å². The number of unbranched alkanes of at least 4 members (excludes halogenated alkanes) is 2. The molecule has 242 valence electrons. The van der Waals surface area contributed by atoms with Crippen LogP contribution in [0, 0.1) is 6.92 Å². The minimum atomic E-state index is -4.74. The molecule has 0 saturated heterocycles. The first-order valence-corrected chi connectivity index (χ1v) is 17.9. The lowest BCUT2D eigenvalue weighted by Crippen LogP contribution is -2.20. The van der Waals surface area contributed by atoms with Gasteiger partial charge in [0.2, 0.25) is 11.4 Å². The first-order valence-electron chi connectivity index (χ1n) is 16.5. The third kappa shape index (κ3) is 7.90. The Morgan fingerprint density at radius 2 is 1.45 bits per heavy atom. The summed E-state index contributed by atoms with van der Waals surface area (Å²) in [4.78, 5) is 2.12. The van der Waals surface area contributed by atoms with Crippen LogP contribution in [-0.2, 0) is 10.1 Å². The van der Waals surface area contributed by atoms with Crippen LogP contribution >= 0.6 is 0 Å². The second kappa shape index (κ2) is 15.4. The Morgan fingerprint density at radius 3 is 2.09 bits per heavy atom. The first kappa shape index (κ1) is 33.8. The molecule has 4 aromatic rings. The van der Waals surface area contributed by atoms with Gasteiger partial charge in [-0.05, 0) is 85.0 Å². The zero-order chi connectivity index (χ0) is 33.4. The van der Waals surface area contributed by atoms with E-state index in [1.807, 2.05) is 12.1 Å². The van der Waals surface area contributed by atoms with Crippen LogP contribution in [0.15, 0.2) is 137 Å². The molecule has 0 aromatic heterocycles. The number of nitrogens with zero attached hydrogens (tertiary/aromatic N) is 2. The monoisotopic (exact) mass is 644 g/mol. The smallest absolute Gasteiger partial charge is 0.208 e. The van der Waals surface area contributed by atoms with Crippen molar-refractivity contribution in [2.24, 2.45) is 0 Å². The van der Waals surface area contributed by atoms with Crippen LogP contribution in [-0.4, -0.2) is 36.3 Å². The van der Waals surface area contributed by atoms with Gasteiger partial charge in [0.25, 0.3) is 0 Å². The molecule has 0 N–H and O–H groups in total. The number of allylic oxidation sites excluding steroid dienone is 5. The summed E-state index contributed by atoms with van der Waals surface area (Å²) in [5, 5.41) is 0. The van der Waals surface area contributed by atoms with E-state index in [9.17, 15) is 13.0 Å². The summed E-state index contributed by atoms with van der Waals surface area (Å²) in [6.07, 6.45) is 10.5. The van der Waals surface area contributed by atoms with Crippen molar-refractivity contribution in [1.82, 2.24) is 0 Å². The van der Waals surface area contributed by atoms with Gasteiger partial charge in [0, 0.05) is 53.7 Å². The molecule has 0 saturated carbocycles. The van der Waals surface area contributed by atoms with Gasteiger partial charge in [-0.25, -0.2) is 8.42 Å². The number of aryl methyl sites for hydroxylation is 1. The molecule has 6 heteroatoms. The highest BCUT2D eigenvalue weighted by atomic mass is 32.2. The average molecular weight is 645 g/mol. The topological polar surface area (TPSA) is 63.5 Å². The number of hydrogen-bond acceptors (Lipinski definition) is 4. The van der Waals surface area contributed by atoms with E-state index in [0.717, 1.165) is 83.8 Å². The second-order valence-electron chi connectivity index (χ2n) is 12.0. The lowest BCUT2D eigenvalue weighted by Gasteiger charge is -2.27. The molecular weight excluding hydrogens is 601 g/mol. The lowest BCUT2D eigenvalue weighted by molar-refractivity contribution is -0.440. The van der Waals surface area contributed by atoms with E-state index in [2.05, 4.69) is 122 Å². The second-order valence-corrected chi connectivity index (χ2v) is 13.4. The zero-order valence-electron chi connectivity index (χ0n) is 27.8. The minimum Gasteiger partial charge on any atom is -0.744 e. The van der Waals surface area contributed by atoms with Crippen molar-refractivity contribution < 1.29 is 17.5 Å². The van der Waals surface area contributed by atoms with E-state index >= 15 is 0 Å². The Hall–Kier alpha value is -4.52. The highest BCUT2D eigenvalue weighted by molar-refractivity contribution is 7.85. The van der Waals surface area contributed by atoms with Crippen LogP contribution in [0.2, 0.25) is 0 Å². The third-order valence-corrected chi connectivity index (χ3v) is 9.48. The number of para-hydroxylation sites is 2. The van der Waals surface area contributed by atoms with Gasteiger partial charge < -0.3 is 9.45 Å². The predicted octanol–water partition coefficient (Wildman–Crippen LogP) is 9.74. The molecule has 1 aliphatic rings. The van der Waals surface area contributed by atoms with Gasteiger partial charge >= 0.3 is 0 Å². The normalized spacial score (nSPS) is 15.3. The molecule has 5 nitrogen and oxygen atoms in total. The first-order chi connectivity index (χ1) is 22.7. The number of benzene rings is 4. The zero-order valence-corrected chi connectivity index (χ0v) is 28.6. The van der Waals surface area contributed by atoms with Gasteiger partial charge in [0.05, 0.1) is 4.90 Å². The van der Waals surface area contributed by atoms with Gasteiger partial charge in [-0.3, -0.25) is 0 Å². The van der Waals surface area contributed by atoms with Gasteiger partial charge in [-0.1, -0.05) is 87.4 Å². The molecular formula is C41H44N2O3S. The van der Waals surface area contributed by atoms with Crippen LogP contribution in [0.4, 0.5) is 17.1 Å². The molecule has 4 aromatic carbocycles. The third-order valence-electron chi connectivity index (χ3n) is 8.58. The fourth-order valence-corrected chi connectivity index (χ4v) is 6.91. The van der Waals surface area contributed by atoms with Crippen molar-refractivity contribution in [3.8, 4) is 0 Å². The minimum absolute atomic E-state index is 0.221. The fourth-order valence-electron chi connectivity index (χ4n) is 6.22. The average Bonchev–Trinajstić information content (AvgIpc) is 3.07. The molecule has 5 rings (SSSR count). The summed E-state index contributed by atoms with van der Waals surface area (Å²) in [6, 6.07) is 33.6. The predicted molar refractivity (Wildman–Crippen MR) is 194 cm³/mol. The molecule has 0 radical (unpaired) electrons. The molecule has 47 heavy (non-hydrogen) atoms. The maximum atomic E-state index is 12.6. The summed E-state index contributed by atoms with van der Waals surface area (Å²) in [6.45, 7) is 10.3. The lowest BCUT2D eigenvalue weighted by atomic mass is 9.88. The highest BCUT2D eigenvalue weighted by Gasteiger charge is 2.24. The quantitative estimate of drug-likeness (QED) is 0.114. The standard InChI is InChI=1S/C41H44N2O3S/c1-5-7-27-42(35-17-11-9-12-18-35)38-25-23-33(29-31(38)3)41(37-21-15-16-22-40(37)47(44,45)46)34-24-26-39(32(4)30-34)43(28-8-6-2)36-19-13-10-14-20-36/h9-26,29-30H,5-8,27-28H2,1-4H3. The number of anilines is 2. The van der Waals surface area contributed by atoms with E-state index in [1.165, 1.54) is 6.07 Å². The summed E-state index contributed by atoms with van der Waals surface area (Å²) >= 11 is 0. The maximum absolute atomic E-state index is 12.6. The molecule has 0 spiro atoms. The SMILES string of the molecule is CCCCN(c1ccccc1)c1ccc(/C(=C2\C=CC(=[N+](CCCC)c3ccccc3)C(C)=C2)c2ccccc2S(=O)(=O)[O-])cc1C. The molecule has 1 aliphatic carbocycles. The van der Waals surface area contributed by atoms with Crippen molar-refractivity contribution in [2.45, 2.75) is 58.3 Å². The molecule has 0 bridgehead atoms. The van der Waals surface area contributed by atoms with Gasteiger partial charge in [0.1, 0.15) is 16.7 Å². The van der Waals surface area contributed by atoms with Crippen LogP contribution in [0.1, 0.15) is 63.1 Å². The maximum Gasteiger partial charge on any atom is 0.208 e. The Kier molecular flexibility index (Phi) is 11.1. The Morgan fingerprint density at radius 1 is 0.787 bits per heavy atom. The molecule has 0 heterocycles. The van der Waals surface area contributed by atoms with Crippen molar-refractivity contribution in [3.63, 3.8) is 0 Å². The molecule has 0 unspecified atom stereocenters. The molecule has 0 atom stereocenters. The van der Waals surface area contributed by atoms with E-state index in [0.29, 0.717) is 11.1 Å². The van der Waals surface area contributed by atoms with Crippen molar-refractivity contribution >= 4 is 38.5 Å². The Balaban J connectivity index is 1.70. The van der Waals surface area contributed by atoms with E-state index in [1.54, 1.807) is 18.2 Å². The van der Waals surface area contributed by atoms with Gasteiger partial charge in [0.15, 0.2) is 0 Å². The molecule has 0 amide bonds. The largest absolute Gasteiger partial charge is 0.744 e. The summed E-state index contributed by atoms with van der Waals surface area (Å²) in [5.74, 6) is 0. The van der Waals surface area contributed by atoms with Gasteiger partial charge in [-0.2, -0.15) is 4.58 Å². The van der Waals surface area contributed by atoms with Crippen LogP contribution in [0.5, 0.6) is 0 Å². The van der Waals surface area contributed by atoms with Crippen molar-refractivity contribution in [1.29, 1.82) is 0 Å². The highest BCUT2D eigenvalue weighted by Crippen LogP contribution is 2.38. The summed E-state index contributed by atoms with van der Waals surface area (Å²) < 4.78 is 40.1. The molecule has 0 aliphatic heterocycles. The van der Waals surface area contributed by atoms with Crippen molar-refractivity contribution in [2.75, 3.05) is 18.0 Å². The van der Waals surface area contributed by atoms with E-state index in [4.69, 9.17) is 0 Å². The van der Waals surface area contributed by atoms with Gasteiger partial charge in [-0.15, -0.1) is 0 Å². The van der Waals surface area contributed by atoms with E-state index in [-0.39, 0.29) is 4.90 Å². The Bertz CT molecular complexity index is 1940. The number of hydrogen-bond donors (Lipinski definition) is 0. The summed E-state index contributed by atoms with van der Waals surface area (Å²) in [5.41, 5.74) is 9.38.